The summed E-state index contributed by atoms with van der Waals surface area (Å²) in [6.07, 6.45) is -4.66. The molecule has 0 radical (unpaired) electrons. The Hall–Kier alpha value is -3.79. The first-order chi connectivity index (χ1) is 16.3. The summed E-state index contributed by atoms with van der Waals surface area (Å²) in [5.41, 5.74) is -0.0676. The number of benzene rings is 1. The second-order valence-corrected chi connectivity index (χ2v) is 8.63. The Morgan fingerprint density at radius 3 is 2.57 bits per heavy atom. The lowest BCUT2D eigenvalue weighted by atomic mass is 10.2. The van der Waals surface area contributed by atoms with Crippen LogP contribution in [0.5, 0.6) is 11.5 Å². The average Bonchev–Trinajstić information content (AvgIpc) is 3.41. The number of furan rings is 1. The van der Waals surface area contributed by atoms with Crippen LogP contribution < -0.4 is 19.5 Å². The fourth-order valence-electron chi connectivity index (χ4n) is 2.74. The summed E-state index contributed by atoms with van der Waals surface area (Å²) in [4.78, 5) is 40.9. The van der Waals surface area contributed by atoms with Gasteiger partial charge in [-0.3, -0.25) is 19.2 Å². The molecule has 2 N–H and O–H groups in total. The lowest BCUT2D eigenvalue weighted by molar-refractivity contribution is -0.239. The number of hydrogen-bond acceptors (Lipinski definition) is 9. The number of carbonyl (C=O) groups excluding carboxylic acids is 3. The number of hydrogen-bond donors (Lipinski definition) is 2. The number of nitrogens with one attached hydrogen (secondary N) is 2. The second kappa shape index (κ2) is 9.83. The quantitative estimate of drug-likeness (QED) is 0.487. The Balaban J connectivity index is 1.65. The topological polar surface area (TPSA) is 153 Å². The van der Waals surface area contributed by atoms with Gasteiger partial charge in [0, 0.05) is 18.7 Å². The zero-order valence-electron chi connectivity index (χ0n) is 18.1. The van der Waals surface area contributed by atoms with E-state index in [0.29, 0.717) is 5.06 Å². The van der Waals surface area contributed by atoms with E-state index in [-0.39, 0.29) is 29.4 Å². The Morgan fingerprint density at radius 2 is 1.89 bits per heavy atom. The number of halogens is 3. The normalized spacial score (nSPS) is 12.8. The summed E-state index contributed by atoms with van der Waals surface area (Å²) in [5, 5.41) is 1.61. The van der Waals surface area contributed by atoms with Crippen molar-refractivity contribution in [3.05, 3.63) is 41.2 Å². The number of aryl methyl sites for hydroxylation is 1. The number of nitrogens with zero attached hydrogens (tertiary/aromatic N) is 1. The minimum absolute atomic E-state index is 0.0433. The van der Waals surface area contributed by atoms with Gasteiger partial charge in [-0.05, 0) is 19.1 Å². The van der Waals surface area contributed by atoms with Crippen molar-refractivity contribution in [1.82, 2.24) is 15.1 Å². The number of amides is 3. The molecule has 0 spiro atoms. The van der Waals surface area contributed by atoms with Gasteiger partial charge in [-0.2, -0.15) is 21.6 Å². The van der Waals surface area contributed by atoms with Crippen molar-refractivity contribution in [2.75, 3.05) is 27.0 Å². The third-order valence-corrected chi connectivity index (χ3v) is 5.59. The molecule has 0 aliphatic carbocycles. The first kappa shape index (κ1) is 25.8. The fraction of sp³-hybridized carbons (Fsp3) is 0.316. The summed E-state index contributed by atoms with van der Waals surface area (Å²) in [6, 6.07) is 5.28. The van der Waals surface area contributed by atoms with E-state index in [2.05, 4.69) is 10.2 Å². The number of alkyl halides is 3. The number of carbonyl (C=O) groups is 3. The average molecular weight is 521 g/mol. The molecule has 0 bridgehead atoms. The Labute approximate surface area is 195 Å². The van der Waals surface area contributed by atoms with Crippen molar-refractivity contribution < 1.29 is 54.7 Å². The van der Waals surface area contributed by atoms with E-state index < -0.39 is 57.9 Å². The number of sulfonamides is 1. The number of hydroxylamine groups is 2. The standard InChI is InChI=1S/C19H18F3N3O9S/c1-10-6-14(34-15(10)18(28)23-7-13(26)25(2)33-8-19(20,21)22)35(29,30)24-17(27)11-4-3-5-12-16(11)32-9-31-12/h3-6H,7-9H2,1-2H3,(H,23,28)(H,24,27). The van der Waals surface area contributed by atoms with Crippen LogP contribution in [-0.2, 0) is 19.7 Å². The molecule has 1 aliphatic rings. The van der Waals surface area contributed by atoms with Crippen molar-refractivity contribution in [1.29, 1.82) is 0 Å². The van der Waals surface area contributed by atoms with Crippen LogP contribution in [0, 0.1) is 6.92 Å². The van der Waals surface area contributed by atoms with E-state index in [1.165, 1.54) is 25.1 Å². The van der Waals surface area contributed by atoms with E-state index >= 15 is 0 Å². The minimum Gasteiger partial charge on any atom is -0.454 e. The molecule has 0 saturated carbocycles. The molecule has 0 atom stereocenters. The van der Waals surface area contributed by atoms with Gasteiger partial charge in [0.15, 0.2) is 23.9 Å². The van der Waals surface area contributed by atoms with Gasteiger partial charge < -0.3 is 19.2 Å². The predicted octanol–water partition coefficient (Wildman–Crippen LogP) is 1.12. The number of rotatable bonds is 8. The van der Waals surface area contributed by atoms with E-state index in [0.717, 1.165) is 13.1 Å². The molecular weight excluding hydrogens is 503 g/mol. The largest absolute Gasteiger partial charge is 0.454 e. The van der Waals surface area contributed by atoms with Crippen LogP contribution in [0.25, 0.3) is 0 Å². The predicted molar refractivity (Wildman–Crippen MR) is 108 cm³/mol. The van der Waals surface area contributed by atoms with Gasteiger partial charge >= 0.3 is 6.18 Å². The van der Waals surface area contributed by atoms with Crippen LogP contribution in [0.15, 0.2) is 33.8 Å². The van der Waals surface area contributed by atoms with Crippen molar-refractivity contribution in [3.63, 3.8) is 0 Å². The highest BCUT2D eigenvalue weighted by molar-refractivity contribution is 7.90. The first-order valence-electron chi connectivity index (χ1n) is 9.59. The lowest BCUT2D eigenvalue weighted by Crippen LogP contribution is -2.39. The minimum atomic E-state index is -4.66. The Morgan fingerprint density at radius 1 is 1.17 bits per heavy atom. The van der Waals surface area contributed by atoms with E-state index in [4.69, 9.17) is 13.9 Å². The smallest absolute Gasteiger partial charge is 0.414 e. The van der Waals surface area contributed by atoms with Crippen LogP contribution in [-0.4, -0.2) is 64.4 Å². The van der Waals surface area contributed by atoms with Crippen LogP contribution in [0.4, 0.5) is 13.2 Å². The summed E-state index contributed by atoms with van der Waals surface area (Å²) in [6.45, 7) is -1.30. The van der Waals surface area contributed by atoms with Crippen LogP contribution >= 0.6 is 0 Å². The molecule has 0 unspecified atom stereocenters. The molecule has 0 saturated heterocycles. The molecule has 1 aromatic carbocycles. The molecule has 35 heavy (non-hydrogen) atoms. The van der Waals surface area contributed by atoms with Gasteiger partial charge in [0.25, 0.3) is 27.7 Å². The number of ether oxygens (including phenoxy) is 2. The molecule has 190 valence electrons. The highest BCUT2D eigenvalue weighted by Gasteiger charge is 2.31. The number of para-hydroxylation sites is 1. The van der Waals surface area contributed by atoms with Gasteiger partial charge in [-0.25, -0.2) is 9.79 Å². The molecule has 16 heteroatoms. The maximum atomic E-state index is 12.6. The van der Waals surface area contributed by atoms with Gasteiger partial charge in [-0.1, -0.05) is 6.07 Å². The molecule has 2 heterocycles. The summed E-state index contributed by atoms with van der Waals surface area (Å²) in [5.74, 6) is -3.27. The highest BCUT2D eigenvalue weighted by atomic mass is 32.2. The summed E-state index contributed by atoms with van der Waals surface area (Å²) >= 11 is 0. The van der Waals surface area contributed by atoms with Gasteiger partial charge in [-0.15, -0.1) is 0 Å². The first-order valence-corrected chi connectivity index (χ1v) is 11.1. The zero-order chi connectivity index (χ0) is 26.0. The van der Waals surface area contributed by atoms with Crippen molar-refractivity contribution >= 4 is 27.7 Å². The number of fused-ring (bicyclic) bond motifs is 1. The van der Waals surface area contributed by atoms with Crippen molar-refractivity contribution in [2.24, 2.45) is 0 Å². The second-order valence-electron chi connectivity index (χ2n) is 7.01. The molecule has 3 rings (SSSR count). The summed E-state index contributed by atoms with van der Waals surface area (Å²) in [7, 11) is -3.65. The SMILES string of the molecule is Cc1cc(S(=O)(=O)NC(=O)c2cccc3c2OCO3)oc1C(=O)NCC(=O)N(C)OCC(F)(F)F. The maximum Gasteiger partial charge on any atom is 0.414 e. The Kier molecular flexibility index (Phi) is 7.25. The van der Waals surface area contributed by atoms with E-state index in [1.807, 2.05) is 0 Å². The van der Waals surface area contributed by atoms with Crippen LogP contribution in [0.2, 0.25) is 0 Å². The van der Waals surface area contributed by atoms with Crippen LogP contribution in [0.3, 0.4) is 0 Å². The zero-order valence-corrected chi connectivity index (χ0v) is 18.9. The van der Waals surface area contributed by atoms with E-state index in [1.54, 1.807) is 4.72 Å². The summed E-state index contributed by atoms with van der Waals surface area (Å²) < 4.78 is 78.9. The molecule has 12 nitrogen and oxygen atoms in total. The van der Waals surface area contributed by atoms with Gasteiger partial charge in [0.1, 0.15) is 0 Å². The molecule has 1 aliphatic heterocycles. The maximum absolute atomic E-state index is 12.6. The van der Waals surface area contributed by atoms with E-state index in [9.17, 15) is 36.0 Å². The van der Waals surface area contributed by atoms with Gasteiger partial charge in [0.2, 0.25) is 11.9 Å². The van der Waals surface area contributed by atoms with Crippen molar-refractivity contribution in [2.45, 2.75) is 18.2 Å². The molecular formula is C19H18F3N3O9S. The third kappa shape index (κ3) is 6.21. The Bertz CT molecular complexity index is 1260. The van der Waals surface area contributed by atoms with Gasteiger partial charge in [0.05, 0.1) is 12.1 Å². The fourth-order valence-corrected chi connectivity index (χ4v) is 3.72. The third-order valence-electron chi connectivity index (χ3n) is 4.41. The lowest BCUT2D eigenvalue weighted by Gasteiger charge is -2.17. The van der Waals surface area contributed by atoms with Crippen molar-refractivity contribution in [3.8, 4) is 11.5 Å². The molecule has 0 fully saturated rings. The highest BCUT2D eigenvalue weighted by Crippen LogP contribution is 2.35. The van der Waals surface area contributed by atoms with Crippen LogP contribution in [0.1, 0.15) is 26.5 Å². The number of likely N-dealkylation sites (N-methyl/N-ethyl adjacent to an activating group) is 1. The molecule has 2 aromatic rings. The molecule has 1 aromatic heterocycles. The molecule has 3 amide bonds. The monoisotopic (exact) mass is 521 g/mol.